The molecule has 11 heteroatoms. The SMILES string of the molecule is CCCc1c(Cc2ccc(-c3ccccc3)c(C3=NNC(=O)C3)c2F)c(=O)n(C2CC(OCC(C)(C)O)C2)c2ncnn12. The first kappa shape index (κ1) is 28.9. The van der Waals surface area contributed by atoms with Gasteiger partial charge in [0.05, 0.1) is 36.1 Å². The summed E-state index contributed by atoms with van der Waals surface area (Å²) in [6, 6.07) is 12.8. The Morgan fingerprint density at radius 3 is 2.58 bits per heavy atom. The number of halogens is 1. The number of hydrogen-bond donors (Lipinski definition) is 2. The van der Waals surface area contributed by atoms with E-state index in [4.69, 9.17) is 4.74 Å². The maximum atomic E-state index is 16.6. The summed E-state index contributed by atoms with van der Waals surface area (Å²) in [4.78, 5) is 30.7. The summed E-state index contributed by atoms with van der Waals surface area (Å²) >= 11 is 0. The summed E-state index contributed by atoms with van der Waals surface area (Å²) in [6.07, 6.45) is 3.87. The summed E-state index contributed by atoms with van der Waals surface area (Å²) in [5.74, 6) is -0.352. The molecular formula is C32H35FN6O4. The number of amides is 1. The smallest absolute Gasteiger partial charge is 0.259 e. The van der Waals surface area contributed by atoms with Crippen LogP contribution in [0, 0.1) is 5.82 Å². The molecule has 1 fully saturated rings. The van der Waals surface area contributed by atoms with Crippen molar-refractivity contribution in [2.75, 3.05) is 6.61 Å². The monoisotopic (exact) mass is 586 g/mol. The van der Waals surface area contributed by atoms with Crippen molar-refractivity contribution < 1.29 is 19.0 Å². The van der Waals surface area contributed by atoms with E-state index in [9.17, 15) is 14.7 Å². The number of rotatable bonds is 10. The summed E-state index contributed by atoms with van der Waals surface area (Å²) < 4.78 is 25.8. The van der Waals surface area contributed by atoms with E-state index >= 15 is 4.39 Å². The van der Waals surface area contributed by atoms with Crippen molar-refractivity contribution in [2.24, 2.45) is 5.10 Å². The Morgan fingerprint density at radius 2 is 1.91 bits per heavy atom. The second-order valence-corrected chi connectivity index (χ2v) is 12.0. The van der Waals surface area contributed by atoms with Crippen LogP contribution in [0.15, 0.2) is 58.7 Å². The molecule has 1 amide bonds. The fourth-order valence-electron chi connectivity index (χ4n) is 5.88. The average molecular weight is 587 g/mol. The number of aliphatic hydroxyl groups is 1. The third-order valence-electron chi connectivity index (χ3n) is 8.03. The molecule has 6 rings (SSSR count). The Bertz CT molecular complexity index is 1770. The maximum Gasteiger partial charge on any atom is 0.259 e. The number of nitrogens with zero attached hydrogens (tertiary/aromatic N) is 5. The van der Waals surface area contributed by atoms with E-state index in [-0.39, 0.29) is 48.6 Å². The first-order chi connectivity index (χ1) is 20.6. The topological polar surface area (TPSA) is 123 Å². The van der Waals surface area contributed by atoms with Crippen LogP contribution in [0.4, 0.5) is 4.39 Å². The van der Waals surface area contributed by atoms with Gasteiger partial charge in [0.15, 0.2) is 0 Å². The van der Waals surface area contributed by atoms with Crippen LogP contribution in [0.5, 0.6) is 0 Å². The zero-order valence-corrected chi connectivity index (χ0v) is 24.5. The van der Waals surface area contributed by atoms with Crippen LogP contribution in [0.25, 0.3) is 16.9 Å². The van der Waals surface area contributed by atoms with Crippen LogP contribution >= 0.6 is 0 Å². The number of carbonyl (C=O) groups is 1. The minimum absolute atomic E-state index is 0.0304. The van der Waals surface area contributed by atoms with Gasteiger partial charge in [-0.2, -0.15) is 15.2 Å². The third kappa shape index (κ3) is 5.62. The van der Waals surface area contributed by atoms with Gasteiger partial charge >= 0.3 is 0 Å². The van der Waals surface area contributed by atoms with Crippen LogP contribution in [-0.4, -0.2) is 54.2 Å². The quantitative estimate of drug-likeness (QED) is 0.290. The van der Waals surface area contributed by atoms with Gasteiger partial charge in [0, 0.05) is 23.6 Å². The summed E-state index contributed by atoms with van der Waals surface area (Å²) in [6.45, 7) is 5.60. The molecular weight excluding hydrogens is 551 g/mol. The van der Waals surface area contributed by atoms with Crippen LogP contribution in [0.3, 0.4) is 0 Å². The van der Waals surface area contributed by atoms with E-state index in [0.717, 1.165) is 12.0 Å². The number of nitrogens with one attached hydrogen (secondary N) is 1. The molecule has 0 radical (unpaired) electrons. The zero-order valence-electron chi connectivity index (χ0n) is 24.5. The van der Waals surface area contributed by atoms with Crippen molar-refractivity contribution in [3.63, 3.8) is 0 Å². The van der Waals surface area contributed by atoms with E-state index in [1.165, 1.54) is 6.33 Å². The summed E-state index contributed by atoms with van der Waals surface area (Å²) in [5.41, 5.74) is 4.77. The third-order valence-corrected chi connectivity index (χ3v) is 8.03. The summed E-state index contributed by atoms with van der Waals surface area (Å²) in [7, 11) is 0. The highest BCUT2D eigenvalue weighted by atomic mass is 19.1. The van der Waals surface area contributed by atoms with Crippen molar-refractivity contribution in [1.29, 1.82) is 0 Å². The molecule has 2 N–H and O–H groups in total. The Balaban J connectivity index is 1.42. The number of carbonyl (C=O) groups excluding carboxylic acids is 1. The molecule has 0 spiro atoms. The van der Waals surface area contributed by atoms with E-state index in [1.54, 1.807) is 29.0 Å². The lowest BCUT2D eigenvalue weighted by Crippen LogP contribution is -2.42. The average Bonchev–Trinajstić information content (AvgIpc) is 3.61. The standard InChI is InChI=1S/C32H35FN6O4/c1-4-8-26-24(30(41)38(31-34-18-35-39(26)31)21-14-22(15-21)43-17-32(2,3)42)13-20-11-12-23(19-9-6-5-7-10-19)28(29(20)33)25-16-27(40)37-36-25/h5-7,9-12,18,21-22,42H,4,8,13-17H2,1-3H3,(H,37,40). The molecule has 1 saturated carbocycles. The lowest BCUT2D eigenvalue weighted by Gasteiger charge is -2.37. The summed E-state index contributed by atoms with van der Waals surface area (Å²) in [5, 5.41) is 18.6. The molecule has 0 unspecified atom stereocenters. The van der Waals surface area contributed by atoms with Crippen LogP contribution < -0.4 is 11.0 Å². The molecule has 0 atom stereocenters. The Hall–Kier alpha value is -4.22. The first-order valence-corrected chi connectivity index (χ1v) is 14.7. The second kappa shape index (κ2) is 11.5. The molecule has 0 bridgehead atoms. The predicted molar refractivity (Wildman–Crippen MR) is 159 cm³/mol. The molecule has 1 aliphatic carbocycles. The number of hydrazone groups is 1. The Labute approximate surface area is 248 Å². The van der Waals surface area contributed by atoms with Gasteiger partial charge < -0.3 is 9.84 Å². The molecule has 224 valence electrons. The fraction of sp³-hybridized carbons (Fsp3) is 0.406. The van der Waals surface area contributed by atoms with Crippen molar-refractivity contribution in [1.82, 2.24) is 24.6 Å². The predicted octanol–water partition coefficient (Wildman–Crippen LogP) is 3.96. The fourth-order valence-corrected chi connectivity index (χ4v) is 5.88. The highest BCUT2D eigenvalue weighted by Gasteiger charge is 2.36. The van der Waals surface area contributed by atoms with Gasteiger partial charge in [-0.05, 0) is 49.8 Å². The van der Waals surface area contributed by atoms with E-state index in [0.29, 0.717) is 53.1 Å². The Morgan fingerprint density at radius 1 is 1.14 bits per heavy atom. The molecule has 43 heavy (non-hydrogen) atoms. The molecule has 10 nitrogen and oxygen atoms in total. The zero-order chi connectivity index (χ0) is 30.3. The number of ether oxygens (including phenoxy) is 1. The van der Waals surface area contributed by atoms with Gasteiger partial charge in [-0.15, -0.1) is 0 Å². The van der Waals surface area contributed by atoms with E-state index in [1.807, 2.05) is 43.3 Å². The lowest BCUT2D eigenvalue weighted by atomic mass is 9.88. The van der Waals surface area contributed by atoms with Crippen LogP contribution in [0.2, 0.25) is 0 Å². The molecule has 0 saturated heterocycles. The second-order valence-electron chi connectivity index (χ2n) is 12.0. The van der Waals surface area contributed by atoms with Crippen molar-refractivity contribution in [2.45, 2.75) is 77.0 Å². The molecule has 2 aromatic carbocycles. The van der Waals surface area contributed by atoms with E-state index < -0.39 is 11.4 Å². The number of hydrogen-bond acceptors (Lipinski definition) is 7. The minimum Gasteiger partial charge on any atom is -0.388 e. The van der Waals surface area contributed by atoms with Gasteiger partial charge in [-0.25, -0.2) is 14.3 Å². The van der Waals surface area contributed by atoms with Crippen LogP contribution in [0.1, 0.15) is 74.9 Å². The molecule has 3 heterocycles. The molecule has 4 aromatic rings. The lowest BCUT2D eigenvalue weighted by molar-refractivity contribution is -0.119. The number of benzene rings is 2. The molecule has 2 aromatic heterocycles. The normalized spacial score (nSPS) is 18.5. The minimum atomic E-state index is -0.941. The van der Waals surface area contributed by atoms with Gasteiger partial charge in [0.1, 0.15) is 12.1 Å². The van der Waals surface area contributed by atoms with E-state index in [2.05, 4.69) is 20.6 Å². The first-order valence-electron chi connectivity index (χ1n) is 14.7. The van der Waals surface area contributed by atoms with Crippen LogP contribution in [-0.2, 0) is 22.4 Å². The number of aryl methyl sites for hydroxylation is 1. The van der Waals surface area contributed by atoms with Gasteiger partial charge in [-0.3, -0.25) is 14.2 Å². The van der Waals surface area contributed by atoms with Crippen molar-refractivity contribution in [3.8, 4) is 11.1 Å². The van der Waals surface area contributed by atoms with Gasteiger partial charge in [0.25, 0.3) is 5.56 Å². The van der Waals surface area contributed by atoms with Gasteiger partial charge in [-0.1, -0.05) is 55.8 Å². The molecule has 2 aliphatic rings. The van der Waals surface area contributed by atoms with Crippen molar-refractivity contribution in [3.05, 3.63) is 87.3 Å². The largest absolute Gasteiger partial charge is 0.388 e. The Kier molecular flexibility index (Phi) is 7.70. The highest BCUT2D eigenvalue weighted by Crippen LogP contribution is 2.36. The number of aromatic nitrogens is 4. The van der Waals surface area contributed by atoms with Gasteiger partial charge in [0.2, 0.25) is 11.7 Å². The highest BCUT2D eigenvalue weighted by molar-refractivity contribution is 6.16. The van der Waals surface area contributed by atoms with Crippen molar-refractivity contribution >= 4 is 17.4 Å². The number of fused-ring (bicyclic) bond motifs is 1. The molecule has 1 aliphatic heterocycles. The maximum absolute atomic E-state index is 16.6.